The van der Waals surface area contributed by atoms with Crippen molar-refractivity contribution in [3.05, 3.63) is 79.8 Å². The number of fused-ring (bicyclic) bond motifs is 1. The molecule has 0 spiro atoms. The van der Waals surface area contributed by atoms with Gasteiger partial charge in [-0.1, -0.05) is 11.6 Å². The van der Waals surface area contributed by atoms with Crippen LogP contribution in [0.5, 0.6) is 0 Å². The van der Waals surface area contributed by atoms with Crippen molar-refractivity contribution in [3.63, 3.8) is 0 Å². The van der Waals surface area contributed by atoms with Crippen LogP contribution in [-0.4, -0.2) is 30.2 Å². The maximum atomic E-state index is 12.6. The van der Waals surface area contributed by atoms with Gasteiger partial charge in [-0.15, -0.1) is 0 Å². The van der Waals surface area contributed by atoms with E-state index in [1.807, 2.05) is 39.0 Å². The van der Waals surface area contributed by atoms with Gasteiger partial charge in [0.2, 0.25) is 5.91 Å². The van der Waals surface area contributed by atoms with Gasteiger partial charge in [0.1, 0.15) is 11.6 Å². The monoisotopic (exact) mass is 443 g/mol. The van der Waals surface area contributed by atoms with Crippen molar-refractivity contribution in [1.82, 2.24) is 24.3 Å². The first-order valence-electron chi connectivity index (χ1n) is 10.2. The number of H-pyrrole nitrogens is 1. The Balaban J connectivity index is 1.65. The highest BCUT2D eigenvalue weighted by atomic mass is 16.2. The quantitative estimate of drug-likeness (QED) is 0.484. The van der Waals surface area contributed by atoms with Gasteiger partial charge in [-0.05, 0) is 44.0 Å². The molecule has 0 bridgehead atoms. The van der Waals surface area contributed by atoms with Crippen molar-refractivity contribution in [1.29, 1.82) is 5.26 Å². The lowest BCUT2D eigenvalue weighted by molar-refractivity contribution is -0.116. The number of hydrogen-bond acceptors (Lipinski definition) is 6. The molecule has 0 aliphatic rings. The molecule has 0 saturated carbocycles. The first-order valence-corrected chi connectivity index (χ1v) is 10.2. The Morgan fingerprint density at radius 2 is 1.97 bits per heavy atom. The van der Waals surface area contributed by atoms with Crippen LogP contribution in [0.1, 0.15) is 28.7 Å². The third-order valence-electron chi connectivity index (χ3n) is 5.28. The van der Waals surface area contributed by atoms with Crippen LogP contribution in [0.15, 0.2) is 46.2 Å². The van der Waals surface area contributed by atoms with E-state index in [1.54, 1.807) is 0 Å². The summed E-state index contributed by atoms with van der Waals surface area (Å²) in [5, 5.41) is 17.5. The molecule has 3 heterocycles. The predicted octanol–water partition coefficient (Wildman–Crippen LogP) is 2.10. The number of pyridine rings is 1. The van der Waals surface area contributed by atoms with Crippen molar-refractivity contribution in [2.75, 3.05) is 5.32 Å². The maximum Gasteiger partial charge on any atom is 0.328 e. The van der Waals surface area contributed by atoms with Crippen LogP contribution in [0, 0.1) is 32.1 Å². The second-order valence-corrected chi connectivity index (χ2v) is 7.81. The Morgan fingerprint density at radius 3 is 2.70 bits per heavy atom. The van der Waals surface area contributed by atoms with Gasteiger partial charge in [-0.25, -0.2) is 9.78 Å². The lowest BCUT2D eigenvalue weighted by Crippen LogP contribution is -2.30. The van der Waals surface area contributed by atoms with Gasteiger partial charge in [0.25, 0.3) is 5.56 Å². The molecule has 33 heavy (non-hydrogen) atoms. The Kier molecular flexibility index (Phi) is 5.62. The van der Waals surface area contributed by atoms with Crippen molar-refractivity contribution < 1.29 is 4.79 Å². The number of aromatic amines is 1. The van der Waals surface area contributed by atoms with E-state index < -0.39 is 17.2 Å². The van der Waals surface area contributed by atoms with Crippen LogP contribution in [0.4, 0.5) is 5.82 Å². The van der Waals surface area contributed by atoms with Gasteiger partial charge in [0.15, 0.2) is 11.6 Å². The summed E-state index contributed by atoms with van der Waals surface area (Å²) in [4.78, 5) is 42.5. The molecule has 10 heteroatoms. The molecule has 0 radical (unpaired) electrons. The topological polar surface area (TPSA) is 138 Å². The summed E-state index contributed by atoms with van der Waals surface area (Å²) in [6.07, 6.45) is 2.64. The van der Waals surface area contributed by atoms with Gasteiger partial charge in [-0.2, -0.15) is 15.0 Å². The van der Waals surface area contributed by atoms with Crippen LogP contribution >= 0.6 is 0 Å². The molecule has 10 nitrogen and oxygen atoms in total. The van der Waals surface area contributed by atoms with Crippen LogP contribution in [0.25, 0.3) is 16.7 Å². The summed E-state index contributed by atoms with van der Waals surface area (Å²) < 4.78 is 2.65. The largest absolute Gasteiger partial charge is 0.328 e. The molecule has 4 aromatic rings. The fraction of sp³-hybridized carbons (Fsp3) is 0.217. The minimum Gasteiger partial charge on any atom is -0.309 e. The third-order valence-corrected chi connectivity index (χ3v) is 5.28. The number of amides is 1. The number of aryl methyl sites for hydroxylation is 4. The van der Waals surface area contributed by atoms with Gasteiger partial charge >= 0.3 is 5.69 Å². The smallest absolute Gasteiger partial charge is 0.309 e. The van der Waals surface area contributed by atoms with E-state index >= 15 is 0 Å². The van der Waals surface area contributed by atoms with E-state index in [-0.39, 0.29) is 24.3 Å². The van der Waals surface area contributed by atoms with Gasteiger partial charge in [-0.3, -0.25) is 14.6 Å². The first kappa shape index (κ1) is 21.7. The van der Waals surface area contributed by atoms with E-state index in [2.05, 4.69) is 21.5 Å². The Hall–Kier alpha value is -4.52. The van der Waals surface area contributed by atoms with Crippen molar-refractivity contribution in [2.24, 2.45) is 0 Å². The fourth-order valence-electron chi connectivity index (χ4n) is 3.70. The molecule has 166 valence electrons. The number of nitrogens with zero attached hydrogens (tertiary/aromatic N) is 5. The fourth-order valence-corrected chi connectivity index (χ4v) is 3.70. The third kappa shape index (κ3) is 4.29. The average Bonchev–Trinajstić information content (AvgIpc) is 3.16. The zero-order valence-electron chi connectivity index (χ0n) is 18.3. The number of anilines is 1. The van der Waals surface area contributed by atoms with Crippen LogP contribution in [0.2, 0.25) is 0 Å². The van der Waals surface area contributed by atoms with Crippen molar-refractivity contribution in [3.8, 4) is 11.9 Å². The number of rotatable bonds is 5. The molecule has 0 unspecified atom stereocenters. The van der Waals surface area contributed by atoms with Gasteiger partial charge in [0.05, 0.1) is 11.7 Å². The molecule has 4 rings (SSSR count). The number of carbonyl (C=O) groups excluding carboxylic acids is 1. The Bertz CT molecular complexity index is 1550. The van der Waals surface area contributed by atoms with Crippen LogP contribution in [0.3, 0.4) is 0 Å². The van der Waals surface area contributed by atoms with E-state index in [9.17, 15) is 19.6 Å². The first-order chi connectivity index (χ1) is 15.8. The summed E-state index contributed by atoms with van der Waals surface area (Å²) in [6.45, 7) is 6.04. The zero-order chi connectivity index (χ0) is 23.7. The highest BCUT2D eigenvalue weighted by Gasteiger charge is 2.17. The second-order valence-electron chi connectivity index (χ2n) is 7.81. The minimum absolute atomic E-state index is 0.0510. The number of benzene rings is 1. The van der Waals surface area contributed by atoms with E-state index in [1.165, 1.54) is 27.7 Å². The molecular weight excluding hydrogens is 422 g/mol. The molecule has 0 atom stereocenters. The number of carbonyl (C=O) groups is 1. The second kappa shape index (κ2) is 8.55. The van der Waals surface area contributed by atoms with Gasteiger partial charge in [0, 0.05) is 30.6 Å². The molecular formula is C23H21N7O3. The summed E-state index contributed by atoms with van der Waals surface area (Å²) in [5.41, 5.74) is 3.04. The highest BCUT2D eigenvalue weighted by Crippen LogP contribution is 2.26. The van der Waals surface area contributed by atoms with E-state index in [0.29, 0.717) is 5.82 Å². The molecule has 1 amide bonds. The summed E-state index contributed by atoms with van der Waals surface area (Å²) in [6, 6.07) is 9.20. The van der Waals surface area contributed by atoms with Crippen LogP contribution in [-0.2, 0) is 11.3 Å². The van der Waals surface area contributed by atoms with Crippen molar-refractivity contribution >= 4 is 22.6 Å². The lowest BCUT2D eigenvalue weighted by Gasteiger charge is -2.13. The molecule has 1 aromatic carbocycles. The molecule has 2 N–H and O–H groups in total. The lowest BCUT2D eigenvalue weighted by atomic mass is 10.0. The molecule has 0 saturated heterocycles. The predicted molar refractivity (Wildman–Crippen MR) is 122 cm³/mol. The summed E-state index contributed by atoms with van der Waals surface area (Å²) >= 11 is 0. The Morgan fingerprint density at radius 1 is 1.18 bits per heavy atom. The Labute approximate surface area is 188 Å². The van der Waals surface area contributed by atoms with E-state index in [4.69, 9.17) is 4.98 Å². The number of nitrogens with one attached hydrogen (secondary N) is 2. The SMILES string of the molecule is Cc1cc(C)c2nc(-n3ncc(C#N)c3NC(=O)CCn3ccc(=O)[nH]c3=O)cc(C)c2c1. The highest BCUT2D eigenvalue weighted by molar-refractivity contribution is 5.91. The average molecular weight is 443 g/mol. The molecule has 0 aliphatic heterocycles. The number of aromatic nitrogens is 5. The number of nitriles is 1. The molecule has 0 fully saturated rings. The van der Waals surface area contributed by atoms with Crippen LogP contribution < -0.4 is 16.6 Å². The van der Waals surface area contributed by atoms with Crippen molar-refractivity contribution in [2.45, 2.75) is 33.7 Å². The summed E-state index contributed by atoms with van der Waals surface area (Å²) in [5.74, 6) is 0.253. The standard InChI is InChI=1S/C23H21N7O3/c1-13-8-15(3)21-17(9-13)14(2)10-18(26-21)30-22(16(11-24)12-25-30)27-19(31)4-6-29-7-5-20(32)28-23(29)33/h5,7-10,12H,4,6H2,1-3H3,(H,27,31)(H,28,32,33). The molecule has 0 aliphatic carbocycles. The summed E-state index contributed by atoms with van der Waals surface area (Å²) in [7, 11) is 0. The maximum absolute atomic E-state index is 12.6. The molecule has 3 aromatic heterocycles. The van der Waals surface area contributed by atoms with E-state index in [0.717, 1.165) is 27.6 Å². The normalized spacial score (nSPS) is 10.8. The zero-order valence-corrected chi connectivity index (χ0v) is 18.3. The minimum atomic E-state index is -0.598. The van der Waals surface area contributed by atoms with Gasteiger partial charge < -0.3 is 9.88 Å². The number of hydrogen-bond donors (Lipinski definition) is 2.